The van der Waals surface area contributed by atoms with E-state index in [0.717, 1.165) is 11.1 Å². The van der Waals surface area contributed by atoms with E-state index in [-0.39, 0.29) is 12.5 Å². The van der Waals surface area contributed by atoms with Crippen LogP contribution in [0.1, 0.15) is 15.9 Å². The van der Waals surface area contributed by atoms with Crippen molar-refractivity contribution in [3.8, 4) is 11.1 Å². The molecular formula is C23H17ClFN3O. The number of halogens is 2. The third-order valence-electron chi connectivity index (χ3n) is 4.52. The minimum atomic E-state index is -0.392. The smallest absolute Gasteiger partial charge is 0.256 e. The van der Waals surface area contributed by atoms with Gasteiger partial charge in [-0.3, -0.25) is 9.48 Å². The van der Waals surface area contributed by atoms with Gasteiger partial charge in [0.2, 0.25) is 0 Å². The van der Waals surface area contributed by atoms with Crippen molar-refractivity contribution in [3.05, 3.63) is 107 Å². The lowest BCUT2D eigenvalue weighted by Crippen LogP contribution is -2.13. The van der Waals surface area contributed by atoms with Crippen LogP contribution in [0.5, 0.6) is 0 Å². The fourth-order valence-electron chi connectivity index (χ4n) is 2.99. The molecule has 4 rings (SSSR count). The molecule has 4 nitrogen and oxygen atoms in total. The molecule has 0 saturated heterocycles. The number of nitrogens with one attached hydrogen (secondary N) is 1. The number of carbonyl (C=O) groups excluding carboxylic acids is 1. The first kappa shape index (κ1) is 18.9. The SMILES string of the molecule is O=C(Nc1ccn(Cc2c(F)cccc2Cl)n1)c1ccc(-c2ccccc2)cc1. The zero-order valence-electron chi connectivity index (χ0n) is 15.3. The molecule has 1 amide bonds. The topological polar surface area (TPSA) is 46.9 Å². The average Bonchev–Trinajstić information content (AvgIpc) is 3.18. The van der Waals surface area contributed by atoms with Crippen molar-refractivity contribution in [2.24, 2.45) is 0 Å². The molecule has 0 bridgehead atoms. The molecule has 0 unspecified atom stereocenters. The summed E-state index contributed by atoms with van der Waals surface area (Å²) in [5, 5.41) is 7.37. The first-order valence-corrected chi connectivity index (χ1v) is 9.41. The number of carbonyl (C=O) groups is 1. The molecule has 0 spiro atoms. The number of nitrogens with zero attached hydrogens (tertiary/aromatic N) is 2. The summed E-state index contributed by atoms with van der Waals surface area (Å²) >= 11 is 6.06. The van der Waals surface area contributed by atoms with Gasteiger partial charge in [0.1, 0.15) is 5.82 Å². The van der Waals surface area contributed by atoms with E-state index in [0.29, 0.717) is 22.0 Å². The van der Waals surface area contributed by atoms with E-state index in [2.05, 4.69) is 10.4 Å². The molecule has 0 saturated carbocycles. The van der Waals surface area contributed by atoms with Gasteiger partial charge in [0.25, 0.3) is 5.91 Å². The Kier molecular flexibility index (Phi) is 5.40. The third kappa shape index (κ3) is 4.36. The van der Waals surface area contributed by atoms with Crippen LogP contribution in [0.25, 0.3) is 11.1 Å². The van der Waals surface area contributed by atoms with Crippen molar-refractivity contribution in [3.63, 3.8) is 0 Å². The van der Waals surface area contributed by atoms with Crippen LogP contribution in [0.2, 0.25) is 5.02 Å². The Hall–Kier alpha value is -3.44. The van der Waals surface area contributed by atoms with E-state index < -0.39 is 5.82 Å². The van der Waals surface area contributed by atoms with Crippen LogP contribution in [0.3, 0.4) is 0 Å². The molecule has 0 aliphatic heterocycles. The van der Waals surface area contributed by atoms with E-state index in [4.69, 9.17) is 11.6 Å². The third-order valence-corrected chi connectivity index (χ3v) is 4.87. The van der Waals surface area contributed by atoms with Gasteiger partial charge in [-0.05, 0) is 35.4 Å². The van der Waals surface area contributed by atoms with E-state index in [9.17, 15) is 9.18 Å². The number of anilines is 1. The maximum atomic E-state index is 13.9. The average molecular weight is 406 g/mol. The first-order valence-electron chi connectivity index (χ1n) is 9.03. The summed E-state index contributed by atoms with van der Waals surface area (Å²) in [5.74, 6) is -0.273. The second-order valence-electron chi connectivity index (χ2n) is 6.50. The molecular weight excluding hydrogens is 389 g/mol. The molecule has 0 aliphatic rings. The van der Waals surface area contributed by atoms with Gasteiger partial charge in [-0.1, -0.05) is 60.1 Å². The summed E-state index contributed by atoms with van der Waals surface area (Å²) in [7, 11) is 0. The Morgan fingerprint density at radius 2 is 1.66 bits per heavy atom. The van der Waals surface area contributed by atoms with Crippen molar-refractivity contribution < 1.29 is 9.18 Å². The maximum absolute atomic E-state index is 13.9. The Labute approximate surface area is 172 Å². The van der Waals surface area contributed by atoms with E-state index in [1.165, 1.54) is 10.7 Å². The van der Waals surface area contributed by atoms with Gasteiger partial charge >= 0.3 is 0 Å². The zero-order chi connectivity index (χ0) is 20.2. The van der Waals surface area contributed by atoms with Crippen LogP contribution in [0.15, 0.2) is 85.1 Å². The summed E-state index contributed by atoms with van der Waals surface area (Å²) < 4.78 is 15.5. The second-order valence-corrected chi connectivity index (χ2v) is 6.90. The van der Waals surface area contributed by atoms with Crippen LogP contribution in [-0.4, -0.2) is 15.7 Å². The summed E-state index contributed by atoms with van der Waals surface area (Å²) in [6.45, 7) is 0.174. The van der Waals surface area contributed by atoms with Gasteiger partial charge in [-0.2, -0.15) is 5.10 Å². The normalized spacial score (nSPS) is 10.7. The molecule has 1 aromatic heterocycles. The first-order chi connectivity index (χ1) is 14.1. The number of hydrogen-bond acceptors (Lipinski definition) is 2. The lowest BCUT2D eigenvalue weighted by Gasteiger charge is -2.06. The molecule has 4 aromatic rings. The van der Waals surface area contributed by atoms with Gasteiger partial charge in [-0.15, -0.1) is 0 Å². The van der Waals surface area contributed by atoms with Gasteiger partial charge in [-0.25, -0.2) is 4.39 Å². The Morgan fingerprint density at radius 3 is 2.38 bits per heavy atom. The van der Waals surface area contributed by atoms with Crippen LogP contribution in [-0.2, 0) is 6.54 Å². The molecule has 0 fully saturated rings. The Morgan fingerprint density at radius 1 is 0.931 bits per heavy atom. The predicted molar refractivity (Wildman–Crippen MR) is 113 cm³/mol. The highest BCUT2D eigenvalue weighted by Gasteiger charge is 2.11. The van der Waals surface area contributed by atoms with Crippen molar-refractivity contribution in [2.45, 2.75) is 6.54 Å². The fraction of sp³-hybridized carbons (Fsp3) is 0.0435. The van der Waals surface area contributed by atoms with Crippen LogP contribution in [0.4, 0.5) is 10.2 Å². The zero-order valence-corrected chi connectivity index (χ0v) is 16.1. The molecule has 0 radical (unpaired) electrons. The van der Waals surface area contributed by atoms with Crippen molar-refractivity contribution in [1.82, 2.24) is 9.78 Å². The summed E-state index contributed by atoms with van der Waals surface area (Å²) in [4.78, 5) is 12.5. The highest BCUT2D eigenvalue weighted by Crippen LogP contribution is 2.21. The second kappa shape index (κ2) is 8.29. The van der Waals surface area contributed by atoms with Gasteiger partial charge < -0.3 is 5.32 Å². The minimum absolute atomic E-state index is 0.174. The molecule has 1 heterocycles. The predicted octanol–water partition coefficient (Wildman–Crippen LogP) is 5.64. The van der Waals surface area contributed by atoms with E-state index in [1.54, 1.807) is 36.5 Å². The van der Waals surface area contributed by atoms with Gasteiger partial charge in [0.05, 0.1) is 6.54 Å². The lowest BCUT2D eigenvalue weighted by molar-refractivity contribution is 0.102. The van der Waals surface area contributed by atoms with Crippen LogP contribution < -0.4 is 5.32 Å². The molecule has 0 aliphatic carbocycles. The largest absolute Gasteiger partial charge is 0.305 e. The minimum Gasteiger partial charge on any atom is -0.305 e. The van der Waals surface area contributed by atoms with Crippen molar-refractivity contribution in [1.29, 1.82) is 0 Å². The molecule has 29 heavy (non-hydrogen) atoms. The van der Waals surface area contributed by atoms with Crippen LogP contribution >= 0.6 is 11.6 Å². The molecule has 3 aromatic carbocycles. The quantitative estimate of drug-likeness (QED) is 0.466. The van der Waals surface area contributed by atoms with Gasteiger partial charge in [0.15, 0.2) is 5.82 Å². The number of rotatable bonds is 5. The summed E-state index contributed by atoms with van der Waals surface area (Å²) in [6, 6.07) is 23.5. The highest BCUT2D eigenvalue weighted by molar-refractivity contribution is 6.31. The van der Waals surface area contributed by atoms with Crippen molar-refractivity contribution in [2.75, 3.05) is 5.32 Å². The molecule has 144 valence electrons. The lowest BCUT2D eigenvalue weighted by atomic mass is 10.0. The highest BCUT2D eigenvalue weighted by atomic mass is 35.5. The summed E-state index contributed by atoms with van der Waals surface area (Å²) in [6.07, 6.45) is 1.66. The standard InChI is InChI=1S/C23H17ClFN3O/c24-20-7-4-8-21(25)19(20)15-28-14-13-22(27-28)26-23(29)18-11-9-17(10-12-18)16-5-2-1-3-6-16/h1-14H,15H2,(H,26,27,29). The van der Waals surface area contributed by atoms with E-state index >= 15 is 0 Å². The fourth-order valence-corrected chi connectivity index (χ4v) is 3.22. The molecule has 6 heteroatoms. The van der Waals surface area contributed by atoms with Crippen LogP contribution in [0, 0.1) is 5.82 Å². The number of aromatic nitrogens is 2. The Bertz CT molecular complexity index is 1120. The number of benzene rings is 3. The number of amides is 1. The van der Waals surface area contributed by atoms with E-state index in [1.807, 2.05) is 42.5 Å². The number of hydrogen-bond donors (Lipinski definition) is 1. The summed E-state index contributed by atoms with van der Waals surface area (Å²) in [5.41, 5.74) is 3.00. The van der Waals surface area contributed by atoms with Gasteiger partial charge in [0, 0.05) is 28.4 Å². The van der Waals surface area contributed by atoms with Crippen molar-refractivity contribution >= 4 is 23.3 Å². The Balaban J connectivity index is 1.44. The molecule has 1 N–H and O–H groups in total. The maximum Gasteiger partial charge on any atom is 0.256 e. The molecule has 0 atom stereocenters. The monoisotopic (exact) mass is 405 g/mol.